The molecule has 1 aromatic rings. The zero-order valence-corrected chi connectivity index (χ0v) is 12.0. The van der Waals surface area contributed by atoms with Gasteiger partial charge in [-0.3, -0.25) is 0 Å². The number of nitrogens with one attached hydrogen (secondary N) is 1. The van der Waals surface area contributed by atoms with Crippen molar-refractivity contribution in [1.82, 2.24) is 5.32 Å². The first kappa shape index (κ1) is 12.9. The molecule has 0 bridgehead atoms. The normalized spacial score (nSPS) is 19.3. The lowest BCUT2D eigenvalue weighted by molar-refractivity contribution is 0.578. The molecule has 102 valence electrons. The highest BCUT2D eigenvalue weighted by Gasteiger charge is 2.20. The van der Waals surface area contributed by atoms with E-state index >= 15 is 0 Å². The van der Waals surface area contributed by atoms with Crippen LogP contribution in [0.2, 0.25) is 0 Å². The third kappa shape index (κ3) is 2.76. The highest BCUT2D eigenvalue weighted by Crippen LogP contribution is 2.33. The van der Waals surface area contributed by atoms with Crippen LogP contribution in [-0.4, -0.2) is 6.54 Å². The lowest BCUT2D eigenvalue weighted by Crippen LogP contribution is -2.23. The molecule has 3 rings (SSSR count). The molecule has 0 saturated carbocycles. The standard InChI is InChI=1S/C18H25N/c1-2-12-19-18(15-6-3-4-7-15)17-11-10-14-8-5-9-16(14)13-17/h6,10-11,13,18-19H,2-5,7-9,12H2,1H3. The number of benzene rings is 1. The van der Waals surface area contributed by atoms with Crippen LogP contribution in [0.3, 0.4) is 0 Å². The van der Waals surface area contributed by atoms with Gasteiger partial charge in [0.15, 0.2) is 0 Å². The second-order valence-electron chi connectivity index (χ2n) is 5.94. The third-order valence-corrected chi connectivity index (χ3v) is 4.50. The Morgan fingerprint density at radius 1 is 1.11 bits per heavy atom. The zero-order valence-electron chi connectivity index (χ0n) is 12.0. The molecular weight excluding hydrogens is 230 g/mol. The second-order valence-corrected chi connectivity index (χ2v) is 5.94. The Hall–Kier alpha value is -1.08. The Balaban J connectivity index is 1.85. The fourth-order valence-electron chi connectivity index (χ4n) is 3.48. The van der Waals surface area contributed by atoms with Crippen molar-refractivity contribution in [3.8, 4) is 0 Å². The molecule has 0 heterocycles. The van der Waals surface area contributed by atoms with Crippen LogP contribution in [0.1, 0.15) is 61.8 Å². The Labute approximate surface area is 117 Å². The van der Waals surface area contributed by atoms with Crippen molar-refractivity contribution in [2.24, 2.45) is 0 Å². The predicted molar refractivity (Wildman–Crippen MR) is 81.4 cm³/mol. The highest BCUT2D eigenvalue weighted by molar-refractivity contribution is 5.39. The minimum Gasteiger partial charge on any atom is -0.307 e. The summed E-state index contributed by atoms with van der Waals surface area (Å²) in [5.41, 5.74) is 6.28. The maximum absolute atomic E-state index is 3.75. The van der Waals surface area contributed by atoms with Crippen molar-refractivity contribution in [3.05, 3.63) is 46.5 Å². The first-order valence-corrected chi connectivity index (χ1v) is 7.92. The van der Waals surface area contributed by atoms with Gasteiger partial charge in [0.1, 0.15) is 0 Å². The van der Waals surface area contributed by atoms with Crippen molar-refractivity contribution in [2.75, 3.05) is 6.54 Å². The van der Waals surface area contributed by atoms with E-state index in [1.165, 1.54) is 50.5 Å². The Morgan fingerprint density at radius 2 is 2.00 bits per heavy atom. The summed E-state index contributed by atoms with van der Waals surface area (Å²) in [6, 6.07) is 7.66. The SMILES string of the molecule is CCCNC(C1=CCCC1)c1ccc2c(c1)CCC2. The van der Waals surface area contributed by atoms with Crippen molar-refractivity contribution in [3.63, 3.8) is 0 Å². The van der Waals surface area contributed by atoms with E-state index in [-0.39, 0.29) is 0 Å². The molecule has 0 aliphatic heterocycles. The molecule has 1 atom stereocenters. The number of rotatable bonds is 5. The minimum atomic E-state index is 0.466. The monoisotopic (exact) mass is 255 g/mol. The lowest BCUT2D eigenvalue weighted by Gasteiger charge is -2.21. The van der Waals surface area contributed by atoms with Crippen LogP contribution in [0, 0.1) is 0 Å². The average Bonchev–Trinajstić information content (AvgIpc) is 3.09. The smallest absolute Gasteiger partial charge is 0.0536 e. The van der Waals surface area contributed by atoms with E-state index in [0.29, 0.717) is 6.04 Å². The summed E-state index contributed by atoms with van der Waals surface area (Å²) in [6.45, 7) is 3.36. The fourth-order valence-corrected chi connectivity index (χ4v) is 3.48. The van der Waals surface area contributed by atoms with Gasteiger partial charge in [-0.25, -0.2) is 0 Å². The van der Waals surface area contributed by atoms with Crippen LogP contribution >= 0.6 is 0 Å². The summed E-state index contributed by atoms with van der Waals surface area (Å²) in [7, 11) is 0. The Bertz CT molecular complexity index is 473. The first-order valence-electron chi connectivity index (χ1n) is 7.92. The quantitative estimate of drug-likeness (QED) is 0.772. The van der Waals surface area contributed by atoms with Gasteiger partial charge in [-0.2, -0.15) is 0 Å². The van der Waals surface area contributed by atoms with Crippen molar-refractivity contribution < 1.29 is 0 Å². The molecule has 0 amide bonds. The number of hydrogen-bond acceptors (Lipinski definition) is 1. The summed E-state index contributed by atoms with van der Waals surface area (Å²) in [5, 5.41) is 3.75. The van der Waals surface area contributed by atoms with Gasteiger partial charge in [0.25, 0.3) is 0 Å². The van der Waals surface area contributed by atoms with E-state index in [2.05, 4.69) is 36.5 Å². The molecule has 1 heteroatoms. The minimum absolute atomic E-state index is 0.466. The maximum atomic E-state index is 3.75. The Kier molecular flexibility index (Phi) is 4.03. The molecule has 1 unspecified atom stereocenters. The zero-order chi connectivity index (χ0) is 13.1. The Morgan fingerprint density at radius 3 is 2.79 bits per heavy atom. The summed E-state index contributed by atoms with van der Waals surface area (Å²) in [5.74, 6) is 0. The fraction of sp³-hybridized carbons (Fsp3) is 0.556. The molecule has 19 heavy (non-hydrogen) atoms. The molecular formula is C18H25N. The highest BCUT2D eigenvalue weighted by atomic mass is 14.9. The van der Waals surface area contributed by atoms with Crippen LogP contribution in [0.5, 0.6) is 0 Å². The molecule has 0 saturated heterocycles. The molecule has 1 N–H and O–H groups in total. The predicted octanol–water partition coefficient (Wildman–Crippen LogP) is 4.33. The van der Waals surface area contributed by atoms with E-state index in [0.717, 1.165) is 6.54 Å². The van der Waals surface area contributed by atoms with E-state index in [1.54, 1.807) is 16.7 Å². The van der Waals surface area contributed by atoms with Crippen LogP contribution in [0.25, 0.3) is 0 Å². The van der Waals surface area contributed by atoms with Crippen LogP contribution in [0.4, 0.5) is 0 Å². The molecule has 1 aromatic carbocycles. The van der Waals surface area contributed by atoms with E-state index in [1.807, 2.05) is 0 Å². The lowest BCUT2D eigenvalue weighted by atomic mass is 9.95. The van der Waals surface area contributed by atoms with Gasteiger partial charge >= 0.3 is 0 Å². The van der Waals surface area contributed by atoms with Gasteiger partial charge in [0.05, 0.1) is 6.04 Å². The van der Waals surface area contributed by atoms with Gasteiger partial charge < -0.3 is 5.32 Å². The summed E-state index contributed by atoms with van der Waals surface area (Å²) >= 11 is 0. The second kappa shape index (κ2) is 5.92. The molecule has 0 radical (unpaired) electrons. The van der Waals surface area contributed by atoms with Gasteiger partial charge in [-0.05, 0) is 68.2 Å². The average molecular weight is 255 g/mol. The molecule has 0 fully saturated rings. The molecule has 2 aliphatic rings. The van der Waals surface area contributed by atoms with Crippen LogP contribution in [0.15, 0.2) is 29.8 Å². The summed E-state index contributed by atoms with van der Waals surface area (Å²) < 4.78 is 0. The van der Waals surface area contributed by atoms with E-state index < -0.39 is 0 Å². The van der Waals surface area contributed by atoms with Crippen LogP contribution < -0.4 is 5.32 Å². The molecule has 1 nitrogen and oxygen atoms in total. The van der Waals surface area contributed by atoms with Gasteiger partial charge in [-0.15, -0.1) is 0 Å². The molecule has 2 aliphatic carbocycles. The number of allylic oxidation sites excluding steroid dienone is 1. The van der Waals surface area contributed by atoms with Gasteiger partial charge in [0, 0.05) is 0 Å². The van der Waals surface area contributed by atoms with Crippen LogP contribution in [-0.2, 0) is 12.8 Å². The first-order chi connectivity index (χ1) is 9.38. The van der Waals surface area contributed by atoms with Gasteiger partial charge in [-0.1, -0.05) is 36.8 Å². The third-order valence-electron chi connectivity index (χ3n) is 4.50. The van der Waals surface area contributed by atoms with Crippen molar-refractivity contribution >= 4 is 0 Å². The van der Waals surface area contributed by atoms with Crippen molar-refractivity contribution in [2.45, 2.75) is 57.9 Å². The summed E-state index contributed by atoms with van der Waals surface area (Å²) in [6.07, 6.45) is 11.4. The van der Waals surface area contributed by atoms with E-state index in [9.17, 15) is 0 Å². The summed E-state index contributed by atoms with van der Waals surface area (Å²) in [4.78, 5) is 0. The largest absolute Gasteiger partial charge is 0.307 e. The van der Waals surface area contributed by atoms with Crippen molar-refractivity contribution in [1.29, 1.82) is 0 Å². The molecule has 0 spiro atoms. The van der Waals surface area contributed by atoms with Gasteiger partial charge in [0.2, 0.25) is 0 Å². The molecule has 0 aromatic heterocycles. The maximum Gasteiger partial charge on any atom is 0.0536 e. The number of fused-ring (bicyclic) bond motifs is 1. The number of aryl methyl sites for hydroxylation is 2. The number of hydrogen-bond donors (Lipinski definition) is 1. The van der Waals surface area contributed by atoms with E-state index in [4.69, 9.17) is 0 Å². The topological polar surface area (TPSA) is 12.0 Å².